The number of aliphatic carboxylic acids is 1. The van der Waals surface area contributed by atoms with E-state index in [4.69, 9.17) is 9.84 Å². The van der Waals surface area contributed by atoms with E-state index in [9.17, 15) is 9.59 Å². The van der Waals surface area contributed by atoms with Crippen LogP contribution in [0.4, 0.5) is 4.79 Å². The molecule has 5 heteroatoms. The minimum absolute atomic E-state index is 0.0375. The van der Waals surface area contributed by atoms with E-state index in [0.717, 1.165) is 0 Å². The normalized spacial score (nSPS) is 13.6. The summed E-state index contributed by atoms with van der Waals surface area (Å²) in [6.07, 6.45) is 0.780. The first kappa shape index (κ1) is 18.0. The Kier molecular flexibility index (Phi) is 5.56. The van der Waals surface area contributed by atoms with Gasteiger partial charge in [0, 0.05) is 18.4 Å². The lowest BCUT2D eigenvalue weighted by molar-refractivity contribution is -0.137. The number of rotatable bonds is 7. The van der Waals surface area contributed by atoms with Crippen LogP contribution in [0.15, 0.2) is 48.5 Å². The van der Waals surface area contributed by atoms with Gasteiger partial charge >= 0.3 is 12.1 Å². The highest BCUT2D eigenvalue weighted by Crippen LogP contribution is 2.44. The Balaban J connectivity index is 1.58. The van der Waals surface area contributed by atoms with Crippen molar-refractivity contribution < 1.29 is 19.4 Å². The highest BCUT2D eigenvalue weighted by molar-refractivity contribution is 5.79. The van der Waals surface area contributed by atoms with Gasteiger partial charge in [-0.3, -0.25) is 4.79 Å². The Labute approximate surface area is 153 Å². The van der Waals surface area contributed by atoms with Gasteiger partial charge in [-0.15, -0.1) is 0 Å². The van der Waals surface area contributed by atoms with Gasteiger partial charge in [0.25, 0.3) is 0 Å². The average Bonchev–Trinajstić information content (AvgIpc) is 2.93. The molecule has 0 saturated heterocycles. The van der Waals surface area contributed by atoms with Crippen LogP contribution in [-0.4, -0.2) is 29.8 Å². The fourth-order valence-electron chi connectivity index (χ4n) is 3.47. The molecule has 1 aliphatic rings. The molecule has 0 saturated carbocycles. The molecule has 2 N–H and O–H groups in total. The van der Waals surface area contributed by atoms with Crippen LogP contribution in [0.3, 0.4) is 0 Å². The number of carboxylic acids is 1. The number of ether oxygens (including phenoxy) is 1. The van der Waals surface area contributed by atoms with Crippen LogP contribution < -0.4 is 5.32 Å². The van der Waals surface area contributed by atoms with E-state index in [2.05, 4.69) is 29.6 Å². The first-order valence-corrected chi connectivity index (χ1v) is 8.89. The molecule has 1 amide bonds. The molecule has 2 aromatic rings. The van der Waals surface area contributed by atoms with E-state index in [1.165, 1.54) is 22.3 Å². The fraction of sp³-hybridized carbons (Fsp3) is 0.333. The first-order valence-electron chi connectivity index (χ1n) is 8.89. The summed E-state index contributed by atoms with van der Waals surface area (Å²) in [5.41, 5.74) is 4.74. The van der Waals surface area contributed by atoms with Crippen molar-refractivity contribution in [3.05, 3.63) is 59.7 Å². The number of carbonyl (C=O) groups is 2. The fourth-order valence-corrected chi connectivity index (χ4v) is 3.47. The zero-order valence-corrected chi connectivity index (χ0v) is 14.8. The summed E-state index contributed by atoms with van der Waals surface area (Å²) < 4.78 is 5.47. The molecular weight excluding hydrogens is 330 g/mol. The third-order valence-electron chi connectivity index (χ3n) is 4.74. The summed E-state index contributed by atoms with van der Waals surface area (Å²) in [4.78, 5) is 22.6. The predicted molar refractivity (Wildman–Crippen MR) is 99.2 cm³/mol. The minimum atomic E-state index is -0.821. The Morgan fingerprint density at radius 2 is 1.65 bits per heavy atom. The van der Waals surface area contributed by atoms with Crippen molar-refractivity contribution in [1.82, 2.24) is 5.32 Å². The van der Waals surface area contributed by atoms with E-state index < -0.39 is 12.1 Å². The molecule has 5 nitrogen and oxygen atoms in total. The first-order chi connectivity index (χ1) is 12.6. The molecule has 26 heavy (non-hydrogen) atoms. The summed E-state index contributed by atoms with van der Waals surface area (Å²) in [5.74, 6) is -0.784. The Morgan fingerprint density at radius 1 is 1.08 bits per heavy atom. The average molecular weight is 353 g/mol. The maximum atomic E-state index is 12.1. The lowest BCUT2D eigenvalue weighted by Crippen LogP contribution is -2.33. The molecule has 1 atom stereocenters. The molecule has 0 aliphatic heterocycles. The number of nitrogens with one attached hydrogen (secondary N) is 1. The zero-order chi connectivity index (χ0) is 18.5. The van der Waals surface area contributed by atoms with Gasteiger partial charge in [0.2, 0.25) is 0 Å². The van der Waals surface area contributed by atoms with E-state index >= 15 is 0 Å². The monoisotopic (exact) mass is 353 g/mol. The van der Waals surface area contributed by atoms with Crippen molar-refractivity contribution in [2.75, 3.05) is 6.61 Å². The second kappa shape index (κ2) is 8.04. The molecule has 2 aromatic carbocycles. The number of hydrogen-bond acceptors (Lipinski definition) is 3. The van der Waals surface area contributed by atoms with E-state index in [1.807, 2.05) is 31.2 Å². The van der Waals surface area contributed by atoms with Crippen molar-refractivity contribution in [1.29, 1.82) is 0 Å². The number of carbonyl (C=O) groups excluding carboxylic acids is 1. The van der Waals surface area contributed by atoms with E-state index in [0.29, 0.717) is 12.8 Å². The summed E-state index contributed by atoms with van der Waals surface area (Å²) in [7, 11) is 0. The third-order valence-corrected chi connectivity index (χ3v) is 4.74. The molecule has 0 radical (unpaired) electrons. The van der Waals surface area contributed by atoms with Gasteiger partial charge in [-0.05, 0) is 42.0 Å². The number of fused-ring (bicyclic) bond motifs is 3. The Hall–Kier alpha value is -2.82. The highest BCUT2D eigenvalue weighted by Gasteiger charge is 2.29. The standard InChI is InChI=1S/C21H23NO4/c1-14(7-6-12-20(23)24)22-21(25)26-13-19-17-10-4-2-8-15(17)16-9-3-5-11-18(16)19/h2-5,8-11,14,19H,6-7,12-13H2,1H3,(H,22,25)(H,23,24). The van der Waals surface area contributed by atoms with Gasteiger partial charge in [0.1, 0.15) is 6.61 Å². The zero-order valence-electron chi connectivity index (χ0n) is 14.8. The van der Waals surface area contributed by atoms with Crippen LogP contribution in [-0.2, 0) is 9.53 Å². The predicted octanol–water partition coefficient (Wildman–Crippen LogP) is 4.17. The molecule has 0 bridgehead atoms. The van der Waals surface area contributed by atoms with Crippen LogP contribution >= 0.6 is 0 Å². The second-order valence-corrected chi connectivity index (χ2v) is 6.66. The quantitative estimate of drug-likeness (QED) is 0.783. The van der Waals surface area contributed by atoms with Gasteiger partial charge in [0.05, 0.1) is 0 Å². The summed E-state index contributed by atoms with van der Waals surface area (Å²) in [6, 6.07) is 16.3. The minimum Gasteiger partial charge on any atom is -0.481 e. The maximum Gasteiger partial charge on any atom is 0.407 e. The van der Waals surface area contributed by atoms with Crippen LogP contribution in [0, 0.1) is 0 Å². The van der Waals surface area contributed by atoms with Crippen molar-refractivity contribution in [3.63, 3.8) is 0 Å². The van der Waals surface area contributed by atoms with Crippen molar-refractivity contribution in [2.24, 2.45) is 0 Å². The molecule has 136 valence electrons. The molecule has 3 rings (SSSR count). The van der Waals surface area contributed by atoms with Gasteiger partial charge in [-0.25, -0.2) is 4.79 Å². The third kappa shape index (κ3) is 4.04. The van der Waals surface area contributed by atoms with Gasteiger partial charge in [0.15, 0.2) is 0 Å². The molecule has 1 aliphatic carbocycles. The van der Waals surface area contributed by atoms with Gasteiger partial charge < -0.3 is 15.2 Å². The molecule has 0 spiro atoms. The highest BCUT2D eigenvalue weighted by atomic mass is 16.5. The lowest BCUT2D eigenvalue weighted by Gasteiger charge is -2.17. The number of alkyl carbamates (subject to hydrolysis) is 1. The Morgan fingerprint density at radius 3 is 2.23 bits per heavy atom. The van der Waals surface area contributed by atoms with Crippen LogP contribution in [0.1, 0.15) is 43.2 Å². The van der Waals surface area contributed by atoms with Gasteiger partial charge in [-0.1, -0.05) is 48.5 Å². The SMILES string of the molecule is CC(CCCC(=O)O)NC(=O)OCC1c2ccccc2-c2ccccc21. The number of benzene rings is 2. The molecule has 0 heterocycles. The topological polar surface area (TPSA) is 75.6 Å². The smallest absolute Gasteiger partial charge is 0.407 e. The van der Waals surface area contributed by atoms with Crippen molar-refractivity contribution >= 4 is 12.1 Å². The molecule has 0 aromatic heterocycles. The Bertz CT molecular complexity index is 757. The number of carboxylic acid groups (broad SMARTS) is 1. The molecule has 0 fully saturated rings. The number of hydrogen-bond donors (Lipinski definition) is 2. The molecular formula is C21H23NO4. The largest absolute Gasteiger partial charge is 0.481 e. The van der Waals surface area contributed by atoms with Crippen molar-refractivity contribution in [2.45, 2.75) is 38.1 Å². The van der Waals surface area contributed by atoms with E-state index in [-0.39, 0.29) is 25.0 Å². The molecule has 1 unspecified atom stereocenters. The summed E-state index contributed by atoms with van der Waals surface area (Å²) in [6.45, 7) is 2.13. The van der Waals surface area contributed by atoms with Crippen LogP contribution in [0.2, 0.25) is 0 Å². The lowest BCUT2D eigenvalue weighted by atomic mass is 9.98. The van der Waals surface area contributed by atoms with Crippen molar-refractivity contribution in [3.8, 4) is 11.1 Å². The summed E-state index contributed by atoms with van der Waals surface area (Å²) in [5, 5.41) is 11.4. The van der Waals surface area contributed by atoms with Crippen LogP contribution in [0.5, 0.6) is 0 Å². The van der Waals surface area contributed by atoms with E-state index in [1.54, 1.807) is 0 Å². The summed E-state index contributed by atoms with van der Waals surface area (Å²) >= 11 is 0. The number of amides is 1. The van der Waals surface area contributed by atoms with Crippen LogP contribution in [0.25, 0.3) is 11.1 Å². The maximum absolute atomic E-state index is 12.1. The van der Waals surface area contributed by atoms with Gasteiger partial charge in [-0.2, -0.15) is 0 Å². The second-order valence-electron chi connectivity index (χ2n) is 6.66.